The summed E-state index contributed by atoms with van der Waals surface area (Å²) in [6.07, 6.45) is 1.34. The summed E-state index contributed by atoms with van der Waals surface area (Å²) in [6.45, 7) is -0.310. The van der Waals surface area contributed by atoms with Gasteiger partial charge < -0.3 is 10.1 Å². The molecular formula is C25H16BrClFN3O5. The van der Waals surface area contributed by atoms with Crippen molar-refractivity contribution in [1.29, 1.82) is 0 Å². The monoisotopic (exact) mass is 571 g/mol. The van der Waals surface area contributed by atoms with Crippen LogP contribution in [-0.2, 0) is 14.4 Å². The number of amides is 5. The maximum absolute atomic E-state index is 13.0. The minimum atomic E-state index is -0.867. The first-order valence-corrected chi connectivity index (χ1v) is 11.5. The Morgan fingerprint density at radius 3 is 2.42 bits per heavy atom. The number of benzene rings is 3. The molecule has 0 spiro atoms. The number of rotatable bonds is 6. The van der Waals surface area contributed by atoms with E-state index >= 15 is 0 Å². The Kier molecular flexibility index (Phi) is 7.47. The molecule has 3 aromatic carbocycles. The third-order valence-corrected chi connectivity index (χ3v) is 5.81. The van der Waals surface area contributed by atoms with Gasteiger partial charge in [-0.05, 0) is 88.2 Å². The van der Waals surface area contributed by atoms with E-state index in [1.807, 2.05) is 0 Å². The summed E-state index contributed by atoms with van der Waals surface area (Å²) < 4.78 is 19.0. The zero-order chi connectivity index (χ0) is 25.8. The minimum absolute atomic E-state index is 0.246. The average Bonchev–Trinajstić information content (AvgIpc) is 2.84. The van der Waals surface area contributed by atoms with Crippen molar-refractivity contribution in [3.8, 4) is 5.75 Å². The number of carbonyl (C=O) groups excluding carboxylic acids is 4. The van der Waals surface area contributed by atoms with Gasteiger partial charge >= 0.3 is 6.03 Å². The molecule has 3 aromatic rings. The number of ether oxygens (including phenoxy) is 1. The summed E-state index contributed by atoms with van der Waals surface area (Å²) in [7, 11) is 0. The molecule has 0 radical (unpaired) electrons. The van der Waals surface area contributed by atoms with Crippen LogP contribution in [-0.4, -0.2) is 30.4 Å². The number of nitrogens with one attached hydrogen (secondary N) is 2. The Labute approximate surface area is 217 Å². The molecule has 2 N–H and O–H groups in total. The Morgan fingerprint density at radius 1 is 1.06 bits per heavy atom. The van der Waals surface area contributed by atoms with Crippen LogP contribution in [0.25, 0.3) is 6.08 Å². The van der Waals surface area contributed by atoms with E-state index in [1.165, 1.54) is 54.6 Å². The highest BCUT2D eigenvalue weighted by molar-refractivity contribution is 9.10. The standard InChI is InChI=1S/C25H16BrClFN3O5/c26-20-12-14(1-10-21(20)36-13-22(32)29-17-6-4-16(28)5-7-17)11-19-23(33)30-25(35)31(24(19)34)18-8-2-15(27)3-9-18/h1-12H,13H2,(H,29,32)(H,30,33,35)/b19-11+. The molecule has 0 bridgehead atoms. The molecule has 5 amide bonds. The van der Waals surface area contributed by atoms with Gasteiger partial charge in [0.1, 0.15) is 17.1 Å². The van der Waals surface area contributed by atoms with E-state index in [2.05, 4.69) is 26.6 Å². The molecule has 36 heavy (non-hydrogen) atoms. The van der Waals surface area contributed by atoms with Crippen molar-refractivity contribution in [2.45, 2.75) is 0 Å². The number of barbiturate groups is 1. The van der Waals surface area contributed by atoms with Gasteiger partial charge in [0.15, 0.2) is 6.61 Å². The second-order valence-corrected chi connectivity index (χ2v) is 8.76. The quantitative estimate of drug-likeness (QED) is 0.322. The number of urea groups is 1. The number of hydrogen-bond donors (Lipinski definition) is 2. The lowest BCUT2D eigenvalue weighted by Gasteiger charge is -2.26. The maximum Gasteiger partial charge on any atom is 0.335 e. The number of hydrogen-bond acceptors (Lipinski definition) is 5. The topological polar surface area (TPSA) is 105 Å². The smallest absolute Gasteiger partial charge is 0.335 e. The van der Waals surface area contributed by atoms with E-state index in [0.29, 0.717) is 26.5 Å². The molecule has 0 aliphatic carbocycles. The Bertz CT molecular complexity index is 1390. The fourth-order valence-corrected chi connectivity index (χ4v) is 3.88. The van der Waals surface area contributed by atoms with Gasteiger partial charge in [-0.15, -0.1) is 0 Å². The number of halogens is 3. The van der Waals surface area contributed by atoms with Gasteiger partial charge in [0.25, 0.3) is 17.7 Å². The molecule has 0 aromatic heterocycles. The summed E-state index contributed by atoms with van der Waals surface area (Å²) in [6, 6.07) is 15.2. The van der Waals surface area contributed by atoms with Crippen molar-refractivity contribution in [3.05, 3.63) is 93.2 Å². The summed E-state index contributed by atoms with van der Waals surface area (Å²) in [5.41, 5.74) is 0.898. The third kappa shape index (κ3) is 5.78. The van der Waals surface area contributed by atoms with Crippen LogP contribution in [0.3, 0.4) is 0 Å². The molecule has 182 valence electrons. The molecule has 1 saturated heterocycles. The SMILES string of the molecule is O=C(COc1ccc(/C=C2\C(=O)NC(=O)N(c3ccc(Cl)cc3)C2=O)cc1Br)Nc1ccc(F)cc1. The molecule has 1 heterocycles. The fraction of sp³-hybridized carbons (Fsp3) is 0.0400. The third-order valence-electron chi connectivity index (χ3n) is 4.94. The average molecular weight is 573 g/mol. The van der Waals surface area contributed by atoms with Gasteiger partial charge in [-0.3, -0.25) is 19.7 Å². The van der Waals surface area contributed by atoms with Gasteiger partial charge in [-0.25, -0.2) is 14.1 Å². The summed E-state index contributed by atoms with van der Waals surface area (Å²) in [5, 5.41) is 5.16. The van der Waals surface area contributed by atoms with E-state index in [4.69, 9.17) is 16.3 Å². The van der Waals surface area contributed by atoms with Crippen LogP contribution in [0.5, 0.6) is 5.75 Å². The zero-order valence-corrected chi connectivity index (χ0v) is 20.6. The van der Waals surface area contributed by atoms with Crippen LogP contribution in [0.15, 0.2) is 76.8 Å². The van der Waals surface area contributed by atoms with E-state index < -0.39 is 29.6 Å². The van der Waals surface area contributed by atoms with Crippen LogP contribution in [0.1, 0.15) is 5.56 Å². The second-order valence-electron chi connectivity index (χ2n) is 7.47. The van der Waals surface area contributed by atoms with Crippen molar-refractivity contribution in [3.63, 3.8) is 0 Å². The van der Waals surface area contributed by atoms with Gasteiger partial charge in [-0.1, -0.05) is 17.7 Å². The first-order chi connectivity index (χ1) is 17.2. The Balaban J connectivity index is 1.47. The normalized spacial score (nSPS) is 14.6. The van der Waals surface area contributed by atoms with Crippen molar-refractivity contribution in [1.82, 2.24) is 5.32 Å². The highest BCUT2D eigenvalue weighted by Gasteiger charge is 2.36. The van der Waals surface area contributed by atoms with E-state index in [1.54, 1.807) is 18.2 Å². The number of nitrogens with zero attached hydrogens (tertiary/aromatic N) is 1. The largest absolute Gasteiger partial charge is 0.483 e. The van der Waals surface area contributed by atoms with Crippen LogP contribution in [0.2, 0.25) is 5.02 Å². The minimum Gasteiger partial charge on any atom is -0.483 e. The summed E-state index contributed by atoms with van der Waals surface area (Å²) >= 11 is 9.21. The van der Waals surface area contributed by atoms with Crippen LogP contribution in [0.4, 0.5) is 20.6 Å². The molecule has 0 atom stereocenters. The highest BCUT2D eigenvalue weighted by atomic mass is 79.9. The van der Waals surface area contributed by atoms with E-state index in [9.17, 15) is 23.6 Å². The Morgan fingerprint density at radius 2 is 1.75 bits per heavy atom. The summed E-state index contributed by atoms with van der Waals surface area (Å²) in [5.74, 6) is -2.15. The van der Waals surface area contributed by atoms with Crippen molar-refractivity contribution < 1.29 is 28.3 Å². The molecule has 0 saturated carbocycles. The first kappa shape index (κ1) is 25.1. The lowest BCUT2D eigenvalue weighted by Crippen LogP contribution is -2.54. The molecule has 8 nitrogen and oxygen atoms in total. The number of anilines is 2. The van der Waals surface area contributed by atoms with Crippen molar-refractivity contribution in [2.75, 3.05) is 16.8 Å². The van der Waals surface area contributed by atoms with E-state index in [-0.39, 0.29) is 17.9 Å². The zero-order valence-electron chi connectivity index (χ0n) is 18.3. The van der Waals surface area contributed by atoms with Crippen LogP contribution in [0, 0.1) is 5.82 Å². The molecule has 1 aliphatic rings. The lowest BCUT2D eigenvalue weighted by molar-refractivity contribution is -0.122. The fourth-order valence-electron chi connectivity index (χ4n) is 3.25. The molecule has 11 heteroatoms. The molecule has 1 aliphatic heterocycles. The first-order valence-electron chi connectivity index (χ1n) is 10.4. The van der Waals surface area contributed by atoms with Gasteiger partial charge in [0, 0.05) is 10.7 Å². The lowest BCUT2D eigenvalue weighted by atomic mass is 10.1. The molecule has 4 rings (SSSR count). The van der Waals surface area contributed by atoms with E-state index in [0.717, 1.165) is 4.90 Å². The van der Waals surface area contributed by atoms with Gasteiger partial charge in [-0.2, -0.15) is 0 Å². The molecule has 1 fully saturated rings. The Hall–Kier alpha value is -4.02. The predicted molar refractivity (Wildman–Crippen MR) is 135 cm³/mol. The van der Waals surface area contributed by atoms with Gasteiger partial charge in [0.2, 0.25) is 0 Å². The number of carbonyl (C=O) groups is 4. The summed E-state index contributed by atoms with van der Waals surface area (Å²) in [4.78, 5) is 50.6. The predicted octanol–water partition coefficient (Wildman–Crippen LogP) is 4.93. The maximum atomic E-state index is 13.0. The molecule has 0 unspecified atom stereocenters. The van der Waals surface area contributed by atoms with Crippen molar-refractivity contribution in [2.24, 2.45) is 0 Å². The van der Waals surface area contributed by atoms with Crippen LogP contribution < -0.4 is 20.3 Å². The second kappa shape index (κ2) is 10.7. The highest BCUT2D eigenvalue weighted by Crippen LogP contribution is 2.28. The van der Waals surface area contributed by atoms with Crippen LogP contribution >= 0.6 is 27.5 Å². The van der Waals surface area contributed by atoms with Crippen molar-refractivity contribution >= 4 is 68.7 Å². The number of imide groups is 2. The van der Waals surface area contributed by atoms with Gasteiger partial charge in [0.05, 0.1) is 10.2 Å². The molecular weight excluding hydrogens is 557 g/mol.